The maximum atomic E-state index is 13.0. The molecule has 28 heavy (non-hydrogen) atoms. The Morgan fingerprint density at radius 1 is 1.29 bits per heavy atom. The van der Waals surface area contributed by atoms with Crippen molar-refractivity contribution >= 4 is 43.4 Å². The molecule has 4 aromatic rings. The van der Waals surface area contributed by atoms with Crippen molar-refractivity contribution < 1.29 is 9.53 Å². The number of anilines is 1. The van der Waals surface area contributed by atoms with E-state index >= 15 is 0 Å². The fourth-order valence-electron chi connectivity index (χ4n) is 3.11. The highest BCUT2D eigenvalue weighted by molar-refractivity contribution is 7.25. The zero-order valence-corrected chi connectivity index (χ0v) is 16.5. The zero-order chi connectivity index (χ0) is 19.8. The summed E-state index contributed by atoms with van der Waals surface area (Å²) in [6, 6.07) is 9.23. The fourth-order valence-corrected chi connectivity index (χ4v) is 4.14. The number of aromatic nitrogens is 3. The molecule has 1 aromatic carbocycles. The molecule has 8 heteroatoms. The lowest BCUT2D eigenvalue weighted by Gasteiger charge is -2.13. The molecule has 0 aliphatic rings. The lowest BCUT2D eigenvalue weighted by Crippen LogP contribution is -2.29. The average molecular weight is 394 g/mol. The van der Waals surface area contributed by atoms with Crippen LogP contribution in [0.2, 0.25) is 0 Å². The van der Waals surface area contributed by atoms with Crippen molar-refractivity contribution in [1.29, 1.82) is 0 Å². The number of amides is 1. The summed E-state index contributed by atoms with van der Waals surface area (Å²) in [5, 5.41) is 3.67. The van der Waals surface area contributed by atoms with Crippen molar-refractivity contribution in [2.45, 2.75) is 20.4 Å². The van der Waals surface area contributed by atoms with Gasteiger partial charge in [-0.3, -0.25) is 14.2 Å². The van der Waals surface area contributed by atoms with Gasteiger partial charge >= 0.3 is 0 Å². The van der Waals surface area contributed by atoms with E-state index in [1.807, 2.05) is 31.2 Å². The van der Waals surface area contributed by atoms with Gasteiger partial charge in [0.1, 0.15) is 27.6 Å². The van der Waals surface area contributed by atoms with Gasteiger partial charge < -0.3 is 10.1 Å². The number of nitrogens with one attached hydrogen (secondary N) is 1. The van der Waals surface area contributed by atoms with Gasteiger partial charge in [0.05, 0.1) is 18.3 Å². The van der Waals surface area contributed by atoms with Crippen LogP contribution in [0, 0.1) is 13.8 Å². The molecular formula is C20H18N4O3S. The Kier molecular flexibility index (Phi) is 4.56. The standard InChI is InChI=1S/C20H18N4O3S/c1-11-6-7-15(27-3)14(9-11)23-16(25)10-24-12(2)22-17-13-5-4-8-21-19(13)28-18(17)20(24)26/h4-9H,10H2,1-3H3,(H,23,25). The molecule has 0 bridgehead atoms. The first kappa shape index (κ1) is 18.1. The van der Waals surface area contributed by atoms with E-state index in [9.17, 15) is 9.59 Å². The summed E-state index contributed by atoms with van der Waals surface area (Å²) in [6.45, 7) is 3.52. The molecule has 0 unspecified atom stereocenters. The van der Waals surface area contributed by atoms with Crippen LogP contribution in [-0.2, 0) is 11.3 Å². The van der Waals surface area contributed by atoms with Gasteiger partial charge in [-0.05, 0) is 43.7 Å². The van der Waals surface area contributed by atoms with Gasteiger partial charge in [0, 0.05) is 11.6 Å². The molecule has 0 aliphatic carbocycles. The van der Waals surface area contributed by atoms with Crippen LogP contribution in [0.3, 0.4) is 0 Å². The number of thiophene rings is 1. The molecule has 0 spiro atoms. The smallest absolute Gasteiger partial charge is 0.272 e. The van der Waals surface area contributed by atoms with Crippen LogP contribution in [0.1, 0.15) is 11.4 Å². The molecule has 0 fully saturated rings. The van der Waals surface area contributed by atoms with Crippen LogP contribution in [0.15, 0.2) is 41.3 Å². The normalized spacial score (nSPS) is 11.1. The Hall–Kier alpha value is -3.26. The molecule has 142 valence electrons. The minimum absolute atomic E-state index is 0.133. The Labute approximate surface area is 164 Å². The number of aryl methyl sites for hydroxylation is 2. The van der Waals surface area contributed by atoms with E-state index in [1.54, 1.807) is 26.3 Å². The molecule has 7 nitrogen and oxygen atoms in total. The number of pyridine rings is 1. The highest BCUT2D eigenvalue weighted by Crippen LogP contribution is 2.29. The number of methoxy groups -OCH3 is 1. The van der Waals surface area contributed by atoms with Gasteiger partial charge in [-0.15, -0.1) is 11.3 Å². The molecule has 4 rings (SSSR count). The largest absolute Gasteiger partial charge is 0.495 e. The number of nitrogens with zero attached hydrogens (tertiary/aromatic N) is 3. The predicted molar refractivity (Wildman–Crippen MR) is 110 cm³/mol. The third kappa shape index (κ3) is 3.11. The Morgan fingerprint density at radius 2 is 2.11 bits per heavy atom. The second kappa shape index (κ2) is 7.05. The first-order chi connectivity index (χ1) is 13.5. The number of rotatable bonds is 4. The van der Waals surface area contributed by atoms with Crippen LogP contribution in [0.5, 0.6) is 5.75 Å². The summed E-state index contributed by atoms with van der Waals surface area (Å²) in [6.07, 6.45) is 1.69. The zero-order valence-electron chi connectivity index (χ0n) is 15.6. The molecule has 0 radical (unpaired) electrons. The van der Waals surface area contributed by atoms with Crippen LogP contribution >= 0.6 is 11.3 Å². The van der Waals surface area contributed by atoms with Crippen molar-refractivity contribution in [2.75, 3.05) is 12.4 Å². The lowest BCUT2D eigenvalue weighted by atomic mass is 10.2. The average Bonchev–Trinajstić information content (AvgIpc) is 3.04. The first-order valence-electron chi connectivity index (χ1n) is 8.67. The maximum Gasteiger partial charge on any atom is 0.272 e. The summed E-state index contributed by atoms with van der Waals surface area (Å²) < 4.78 is 7.17. The van der Waals surface area contributed by atoms with Crippen LogP contribution in [0.25, 0.3) is 20.4 Å². The molecule has 0 atom stereocenters. The highest BCUT2D eigenvalue weighted by Gasteiger charge is 2.17. The van der Waals surface area contributed by atoms with E-state index in [1.165, 1.54) is 15.9 Å². The second-order valence-electron chi connectivity index (χ2n) is 6.44. The molecule has 3 heterocycles. The Bertz CT molecular complexity index is 1280. The van der Waals surface area contributed by atoms with Crippen molar-refractivity contribution in [3.63, 3.8) is 0 Å². The third-order valence-electron chi connectivity index (χ3n) is 4.47. The number of carbonyl (C=O) groups excluding carboxylic acids is 1. The topological polar surface area (TPSA) is 86.1 Å². The van der Waals surface area contributed by atoms with E-state index in [4.69, 9.17) is 4.74 Å². The van der Waals surface area contributed by atoms with E-state index in [2.05, 4.69) is 15.3 Å². The van der Waals surface area contributed by atoms with E-state index in [0.29, 0.717) is 27.5 Å². The van der Waals surface area contributed by atoms with Gasteiger partial charge in [0.2, 0.25) is 5.91 Å². The second-order valence-corrected chi connectivity index (χ2v) is 7.44. The quantitative estimate of drug-likeness (QED) is 0.574. The van der Waals surface area contributed by atoms with Crippen LogP contribution < -0.4 is 15.6 Å². The number of fused-ring (bicyclic) bond motifs is 3. The SMILES string of the molecule is COc1ccc(C)cc1NC(=O)Cn1c(C)nc2c(sc3ncccc32)c1=O. The maximum absolute atomic E-state index is 13.0. The van der Waals surface area contributed by atoms with E-state index in [0.717, 1.165) is 15.8 Å². The van der Waals surface area contributed by atoms with Crippen LogP contribution in [-0.4, -0.2) is 27.6 Å². The number of hydrogen-bond acceptors (Lipinski definition) is 6. The minimum Gasteiger partial charge on any atom is -0.495 e. The lowest BCUT2D eigenvalue weighted by molar-refractivity contribution is -0.116. The molecule has 0 saturated carbocycles. The molecule has 1 N–H and O–H groups in total. The molecule has 1 amide bonds. The fraction of sp³-hybridized carbons (Fsp3) is 0.200. The van der Waals surface area contributed by atoms with Gasteiger partial charge in [-0.2, -0.15) is 0 Å². The van der Waals surface area contributed by atoms with E-state index < -0.39 is 0 Å². The minimum atomic E-state index is -0.325. The van der Waals surface area contributed by atoms with Crippen LogP contribution in [0.4, 0.5) is 5.69 Å². The molecule has 0 saturated heterocycles. The summed E-state index contributed by atoms with van der Waals surface area (Å²) in [5.41, 5.74) is 1.95. The first-order valence-corrected chi connectivity index (χ1v) is 9.48. The van der Waals surface area contributed by atoms with E-state index in [-0.39, 0.29) is 18.0 Å². The summed E-state index contributed by atoms with van der Waals surface area (Å²) >= 11 is 1.29. The summed E-state index contributed by atoms with van der Waals surface area (Å²) in [7, 11) is 1.54. The molecular weight excluding hydrogens is 376 g/mol. The Balaban J connectivity index is 1.70. The summed E-state index contributed by atoms with van der Waals surface area (Å²) in [5.74, 6) is 0.717. The van der Waals surface area contributed by atoms with Gasteiger partial charge in [-0.1, -0.05) is 6.07 Å². The highest BCUT2D eigenvalue weighted by atomic mass is 32.1. The number of hydrogen-bond donors (Lipinski definition) is 1. The van der Waals surface area contributed by atoms with Crippen molar-refractivity contribution in [2.24, 2.45) is 0 Å². The third-order valence-corrected chi connectivity index (χ3v) is 5.57. The van der Waals surface area contributed by atoms with Gasteiger partial charge in [0.25, 0.3) is 5.56 Å². The number of ether oxygens (including phenoxy) is 1. The van der Waals surface area contributed by atoms with Gasteiger partial charge in [-0.25, -0.2) is 9.97 Å². The van der Waals surface area contributed by atoms with Crippen molar-refractivity contribution in [3.05, 3.63) is 58.3 Å². The molecule has 0 aliphatic heterocycles. The number of benzene rings is 1. The summed E-state index contributed by atoms with van der Waals surface area (Å²) in [4.78, 5) is 35.2. The van der Waals surface area contributed by atoms with Crippen molar-refractivity contribution in [1.82, 2.24) is 14.5 Å². The number of carbonyl (C=O) groups is 1. The van der Waals surface area contributed by atoms with Crippen molar-refractivity contribution in [3.8, 4) is 5.75 Å². The monoisotopic (exact) mass is 394 g/mol. The predicted octanol–water partition coefficient (Wildman–Crippen LogP) is 3.27. The molecule has 3 aromatic heterocycles. The van der Waals surface area contributed by atoms with Gasteiger partial charge in [0.15, 0.2) is 0 Å². The Morgan fingerprint density at radius 3 is 2.89 bits per heavy atom.